The Hall–Kier alpha value is -5.16. The Kier molecular flexibility index (Phi) is 6.62. The summed E-state index contributed by atoms with van der Waals surface area (Å²) in [5.41, 5.74) is 9.33. The van der Waals surface area contributed by atoms with Crippen molar-refractivity contribution in [1.82, 2.24) is 14.1 Å². The summed E-state index contributed by atoms with van der Waals surface area (Å²) in [5.74, 6) is 2.43. The Morgan fingerprint density at radius 3 is 2.36 bits per heavy atom. The van der Waals surface area contributed by atoms with Crippen LogP contribution in [0, 0.1) is 27.1 Å². The number of hydrogen-bond donors (Lipinski definition) is 0. The summed E-state index contributed by atoms with van der Waals surface area (Å²) < 4.78 is 12.8. The number of para-hydroxylation sites is 1. The van der Waals surface area contributed by atoms with Gasteiger partial charge in [0.05, 0.1) is 22.4 Å². The van der Waals surface area contributed by atoms with E-state index in [-0.39, 0.29) is 5.41 Å². The number of hydrogen-bond acceptors (Lipinski definition) is 2. The number of imidazole rings is 1. The predicted molar refractivity (Wildman–Crippen MR) is 178 cm³/mol. The number of rotatable bonds is 5. The first-order chi connectivity index (χ1) is 21.2. The van der Waals surface area contributed by atoms with Crippen LogP contribution >= 0.6 is 0 Å². The van der Waals surface area contributed by atoms with E-state index in [9.17, 15) is 0 Å². The van der Waals surface area contributed by atoms with Gasteiger partial charge in [0.15, 0.2) is 0 Å². The summed E-state index contributed by atoms with van der Waals surface area (Å²) in [7, 11) is 0. The second-order valence-corrected chi connectivity index (χ2v) is 12.6. The third-order valence-corrected chi connectivity index (χ3v) is 8.54. The first kappa shape index (κ1) is 27.7. The lowest BCUT2D eigenvalue weighted by atomic mass is 9.88. The van der Waals surface area contributed by atoms with Crippen molar-refractivity contribution in [1.29, 1.82) is 0 Å². The summed E-state index contributed by atoms with van der Waals surface area (Å²) in [5, 5.41) is 2.35. The second-order valence-electron chi connectivity index (χ2n) is 12.6. The van der Waals surface area contributed by atoms with Gasteiger partial charge in [0.2, 0.25) is 0 Å². The summed E-state index contributed by atoms with van der Waals surface area (Å²) >= 11 is 0. The van der Waals surface area contributed by atoms with E-state index in [1.54, 1.807) is 0 Å². The second kappa shape index (κ2) is 10.5. The van der Waals surface area contributed by atoms with Gasteiger partial charge in [0, 0.05) is 35.4 Å². The fourth-order valence-electron chi connectivity index (χ4n) is 5.99. The first-order valence-corrected chi connectivity index (χ1v) is 15.1. The monoisotopic (exact) mass is 576 g/mol. The third kappa shape index (κ3) is 4.84. The van der Waals surface area contributed by atoms with Gasteiger partial charge >= 0.3 is 0 Å². The zero-order valence-corrected chi connectivity index (χ0v) is 26.1. The van der Waals surface area contributed by atoms with Gasteiger partial charge in [-0.25, -0.2) is 4.98 Å². The quantitative estimate of drug-likeness (QED) is 0.151. The van der Waals surface area contributed by atoms with Crippen molar-refractivity contribution >= 4 is 21.8 Å². The van der Waals surface area contributed by atoms with Crippen LogP contribution in [-0.4, -0.2) is 14.1 Å². The zero-order chi connectivity index (χ0) is 30.6. The Bertz CT molecular complexity index is 2180. The molecule has 0 amide bonds. The van der Waals surface area contributed by atoms with E-state index in [2.05, 4.69) is 130 Å². The van der Waals surface area contributed by atoms with Gasteiger partial charge in [0.1, 0.15) is 17.3 Å². The van der Waals surface area contributed by atoms with Crippen molar-refractivity contribution in [2.24, 2.45) is 0 Å². The highest BCUT2D eigenvalue weighted by Gasteiger charge is 2.18. The first-order valence-electron chi connectivity index (χ1n) is 15.1. The maximum atomic E-state index is 6.49. The van der Waals surface area contributed by atoms with Crippen LogP contribution in [0.2, 0.25) is 0 Å². The van der Waals surface area contributed by atoms with Gasteiger partial charge in [0.25, 0.3) is 6.33 Å². The third-order valence-electron chi connectivity index (χ3n) is 8.54. The van der Waals surface area contributed by atoms with E-state index in [0.717, 1.165) is 39.4 Å². The predicted octanol–water partition coefficient (Wildman–Crippen LogP) is 9.06. The number of aryl methyl sites for hydroxylation is 2. The minimum absolute atomic E-state index is 0.0177. The van der Waals surface area contributed by atoms with Gasteiger partial charge in [-0.3, -0.25) is 13.7 Å². The molecule has 3 heterocycles. The highest BCUT2D eigenvalue weighted by molar-refractivity contribution is 6.09. The van der Waals surface area contributed by atoms with Gasteiger partial charge in [-0.1, -0.05) is 62.7 Å². The van der Waals surface area contributed by atoms with Gasteiger partial charge in [-0.2, -0.15) is 0 Å². The summed E-state index contributed by atoms with van der Waals surface area (Å²) in [6.07, 6.45) is 9.49. The van der Waals surface area contributed by atoms with Crippen LogP contribution in [0.25, 0.3) is 39.0 Å². The molecule has 218 valence electrons. The Labute approximate surface area is 258 Å². The number of nitrogens with zero attached hydrogens (tertiary/aromatic N) is 4. The lowest BCUT2D eigenvalue weighted by Gasteiger charge is -2.20. The van der Waals surface area contributed by atoms with Crippen LogP contribution in [0.15, 0.2) is 110 Å². The van der Waals surface area contributed by atoms with Crippen molar-refractivity contribution in [3.63, 3.8) is 0 Å². The molecule has 0 saturated carbocycles. The molecular weight excluding hydrogens is 540 g/mol. The van der Waals surface area contributed by atoms with Crippen LogP contribution in [-0.2, 0) is 5.41 Å². The van der Waals surface area contributed by atoms with Crippen LogP contribution < -0.4 is 9.30 Å². The number of pyridine rings is 1. The van der Waals surface area contributed by atoms with Crippen LogP contribution in [0.4, 0.5) is 0 Å². The fourth-order valence-corrected chi connectivity index (χ4v) is 5.99. The SMILES string of the molecule is Cc1ccc(C)c(-[n+]2[c-]n(-c3cccc(Oc4ccc5c6ccccc6n(-c6cc(C(C)(C)C)ccn6)c5c4)c3)cc2)c1C. The molecule has 7 rings (SSSR count). The number of fused-ring (bicyclic) bond motifs is 3. The number of aromatic nitrogens is 4. The lowest BCUT2D eigenvalue weighted by Crippen LogP contribution is -2.31. The van der Waals surface area contributed by atoms with E-state index < -0.39 is 0 Å². The molecule has 0 spiro atoms. The van der Waals surface area contributed by atoms with Crippen LogP contribution in [0.5, 0.6) is 11.5 Å². The standard InChI is InChI=1S/C39H36N4O/c1-26-14-15-27(2)38(28(26)3)42-21-20-41(25-42)30-10-9-11-31(23-30)44-32-16-17-34-33-12-7-8-13-35(33)43(36(34)24-32)37-22-29(18-19-40-37)39(4,5)6/h7-24H,1-6H3. The van der Waals surface area contributed by atoms with Gasteiger partial charge < -0.3 is 4.74 Å². The molecule has 0 unspecified atom stereocenters. The minimum atomic E-state index is 0.0177. The molecule has 5 nitrogen and oxygen atoms in total. The molecule has 0 aliphatic rings. The molecule has 0 fully saturated rings. The summed E-state index contributed by atoms with van der Waals surface area (Å²) in [4.78, 5) is 4.81. The highest BCUT2D eigenvalue weighted by Crippen LogP contribution is 2.36. The van der Waals surface area contributed by atoms with E-state index in [4.69, 9.17) is 9.72 Å². The minimum Gasteiger partial charge on any atom is -0.458 e. The van der Waals surface area contributed by atoms with Crippen molar-refractivity contribution < 1.29 is 9.30 Å². The van der Waals surface area contributed by atoms with Crippen LogP contribution in [0.3, 0.4) is 0 Å². The van der Waals surface area contributed by atoms with Crippen molar-refractivity contribution in [2.45, 2.75) is 47.0 Å². The molecule has 0 aliphatic heterocycles. The molecule has 0 bridgehead atoms. The molecule has 0 radical (unpaired) electrons. The molecular formula is C39H36N4O. The molecule has 7 aromatic rings. The van der Waals surface area contributed by atoms with E-state index in [1.807, 2.05) is 41.2 Å². The Morgan fingerprint density at radius 1 is 0.750 bits per heavy atom. The van der Waals surface area contributed by atoms with E-state index in [0.29, 0.717) is 0 Å². The normalized spacial score (nSPS) is 11.9. The fraction of sp³-hybridized carbons (Fsp3) is 0.179. The van der Waals surface area contributed by atoms with E-state index >= 15 is 0 Å². The average molecular weight is 577 g/mol. The lowest BCUT2D eigenvalue weighted by molar-refractivity contribution is -0.600. The Balaban J connectivity index is 1.26. The van der Waals surface area contributed by atoms with Crippen molar-refractivity contribution in [3.8, 4) is 28.7 Å². The highest BCUT2D eigenvalue weighted by atomic mass is 16.5. The smallest absolute Gasteiger partial charge is 0.268 e. The molecule has 4 aromatic carbocycles. The zero-order valence-electron chi connectivity index (χ0n) is 26.1. The molecule has 0 N–H and O–H groups in total. The Morgan fingerprint density at radius 2 is 1.52 bits per heavy atom. The molecule has 0 aliphatic carbocycles. The summed E-state index contributed by atoms with van der Waals surface area (Å²) in [6, 6.07) is 31.6. The number of benzene rings is 4. The maximum Gasteiger partial charge on any atom is 0.268 e. The maximum absolute atomic E-state index is 6.49. The van der Waals surface area contributed by atoms with E-state index in [1.165, 1.54) is 33.3 Å². The molecule has 3 aromatic heterocycles. The largest absolute Gasteiger partial charge is 0.458 e. The van der Waals surface area contributed by atoms with Crippen LogP contribution in [0.1, 0.15) is 43.0 Å². The average Bonchev–Trinajstić information content (AvgIpc) is 3.62. The number of ether oxygens (including phenoxy) is 1. The molecule has 5 heteroatoms. The molecule has 0 saturated heterocycles. The van der Waals surface area contributed by atoms with Gasteiger partial charge in [-0.15, -0.1) is 0 Å². The molecule has 0 atom stereocenters. The van der Waals surface area contributed by atoms with Crippen molar-refractivity contribution in [3.05, 3.63) is 138 Å². The summed E-state index contributed by atoms with van der Waals surface area (Å²) in [6.45, 7) is 13.1. The topological polar surface area (TPSA) is 35.9 Å². The molecule has 44 heavy (non-hydrogen) atoms. The van der Waals surface area contributed by atoms with Crippen molar-refractivity contribution in [2.75, 3.05) is 0 Å². The van der Waals surface area contributed by atoms with Gasteiger partial charge in [-0.05, 0) is 91.4 Å².